The number of anilines is 1. The van der Waals surface area contributed by atoms with Crippen LogP contribution < -0.4 is 10.6 Å². The molecule has 3 rings (SSSR count). The summed E-state index contributed by atoms with van der Waals surface area (Å²) in [6, 6.07) is 6.23. The molecule has 1 aromatic carbocycles. The van der Waals surface area contributed by atoms with Crippen LogP contribution in [0.4, 0.5) is 10.3 Å². The lowest BCUT2D eigenvalue weighted by atomic mass is 9.82. The largest absolute Gasteiger partial charge is 0.339 e. The van der Waals surface area contributed by atoms with E-state index >= 15 is 0 Å². The summed E-state index contributed by atoms with van der Waals surface area (Å²) in [5.74, 6) is 1.09. The van der Waals surface area contributed by atoms with Crippen LogP contribution in [0, 0.1) is 11.2 Å². The minimum atomic E-state index is -0.256. The Morgan fingerprint density at radius 2 is 2.14 bits per heavy atom. The average molecular weight is 289 g/mol. The first-order chi connectivity index (χ1) is 10.1. The van der Waals surface area contributed by atoms with Gasteiger partial charge in [-0.05, 0) is 49.1 Å². The molecule has 0 radical (unpaired) electrons. The van der Waals surface area contributed by atoms with Gasteiger partial charge in [0.25, 0.3) is 0 Å². The molecule has 0 bridgehead atoms. The number of aromatic amines is 1. The molecule has 2 heterocycles. The zero-order chi connectivity index (χ0) is 14.9. The van der Waals surface area contributed by atoms with E-state index in [-0.39, 0.29) is 11.2 Å². The first-order valence-electron chi connectivity index (χ1n) is 7.23. The fourth-order valence-corrected chi connectivity index (χ4v) is 2.78. The number of halogens is 1. The average Bonchev–Trinajstić information content (AvgIpc) is 2.98. The number of piperidine rings is 1. The van der Waals surface area contributed by atoms with Crippen LogP contribution in [-0.2, 0) is 0 Å². The van der Waals surface area contributed by atoms with Crippen LogP contribution in [0.15, 0.2) is 24.3 Å². The summed E-state index contributed by atoms with van der Waals surface area (Å²) in [5.41, 5.74) is 6.82. The van der Waals surface area contributed by atoms with E-state index < -0.39 is 0 Å². The maximum Gasteiger partial charge on any atom is 0.245 e. The Kier molecular flexibility index (Phi) is 3.63. The third kappa shape index (κ3) is 2.90. The second-order valence-electron chi connectivity index (χ2n) is 6.03. The van der Waals surface area contributed by atoms with Gasteiger partial charge in [-0.25, -0.2) is 4.39 Å². The van der Waals surface area contributed by atoms with Crippen molar-refractivity contribution in [3.8, 4) is 11.4 Å². The molecular formula is C15H20FN5. The highest BCUT2D eigenvalue weighted by atomic mass is 19.1. The van der Waals surface area contributed by atoms with E-state index in [2.05, 4.69) is 27.0 Å². The van der Waals surface area contributed by atoms with Crippen molar-refractivity contribution in [2.75, 3.05) is 24.5 Å². The minimum Gasteiger partial charge on any atom is -0.339 e. The van der Waals surface area contributed by atoms with Crippen LogP contribution in [0.1, 0.15) is 19.8 Å². The van der Waals surface area contributed by atoms with Gasteiger partial charge in [-0.2, -0.15) is 4.98 Å². The summed E-state index contributed by atoms with van der Waals surface area (Å²) < 4.78 is 13.0. The Morgan fingerprint density at radius 3 is 2.86 bits per heavy atom. The summed E-state index contributed by atoms with van der Waals surface area (Å²) in [6.07, 6.45) is 2.23. The normalized spacial score (nSPS) is 22.5. The van der Waals surface area contributed by atoms with Gasteiger partial charge in [0.2, 0.25) is 5.95 Å². The van der Waals surface area contributed by atoms with Crippen LogP contribution in [0.2, 0.25) is 0 Å². The predicted octanol–water partition coefficient (Wildman–Crippen LogP) is 2.18. The quantitative estimate of drug-likeness (QED) is 0.908. The van der Waals surface area contributed by atoms with Crippen molar-refractivity contribution in [1.29, 1.82) is 0 Å². The molecule has 1 fully saturated rings. The van der Waals surface area contributed by atoms with E-state index in [1.54, 1.807) is 12.1 Å². The van der Waals surface area contributed by atoms with Crippen molar-refractivity contribution < 1.29 is 4.39 Å². The number of hydrogen-bond donors (Lipinski definition) is 2. The Bertz CT molecular complexity index is 609. The SMILES string of the molecule is CC1(CN)CCCN(c2n[nH]c(-c3ccc(F)cc3)n2)C1. The second kappa shape index (κ2) is 5.44. The molecule has 5 nitrogen and oxygen atoms in total. The lowest BCUT2D eigenvalue weighted by Crippen LogP contribution is -2.46. The van der Waals surface area contributed by atoms with E-state index in [9.17, 15) is 4.39 Å². The molecule has 3 N–H and O–H groups in total. The molecule has 1 unspecified atom stereocenters. The van der Waals surface area contributed by atoms with Crippen molar-refractivity contribution in [2.24, 2.45) is 11.1 Å². The van der Waals surface area contributed by atoms with Crippen molar-refractivity contribution in [1.82, 2.24) is 15.2 Å². The van der Waals surface area contributed by atoms with Crippen molar-refractivity contribution in [3.05, 3.63) is 30.1 Å². The molecule has 1 saturated heterocycles. The molecule has 1 aliphatic heterocycles. The van der Waals surface area contributed by atoms with Gasteiger partial charge in [0.05, 0.1) is 0 Å². The summed E-state index contributed by atoms with van der Waals surface area (Å²) in [7, 11) is 0. The van der Waals surface area contributed by atoms with Gasteiger partial charge in [0.1, 0.15) is 5.82 Å². The number of benzene rings is 1. The Morgan fingerprint density at radius 1 is 1.38 bits per heavy atom. The van der Waals surface area contributed by atoms with Crippen LogP contribution in [0.25, 0.3) is 11.4 Å². The molecule has 0 amide bonds. The first kappa shape index (κ1) is 14.0. The third-order valence-electron chi connectivity index (χ3n) is 4.15. The minimum absolute atomic E-state index is 0.120. The monoisotopic (exact) mass is 289 g/mol. The van der Waals surface area contributed by atoms with E-state index in [4.69, 9.17) is 5.73 Å². The maximum atomic E-state index is 13.0. The molecule has 2 aromatic rings. The number of aromatic nitrogens is 3. The van der Waals surface area contributed by atoms with E-state index in [1.165, 1.54) is 12.1 Å². The highest BCUT2D eigenvalue weighted by molar-refractivity contribution is 5.56. The molecule has 21 heavy (non-hydrogen) atoms. The van der Waals surface area contributed by atoms with Gasteiger partial charge < -0.3 is 10.6 Å². The highest BCUT2D eigenvalue weighted by Gasteiger charge is 2.31. The Hall–Kier alpha value is -1.95. The standard InChI is InChI=1S/C15H20FN5/c1-15(9-17)7-2-8-21(10-15)14-18-13(19-20-14)11-3-5-12(16)6-4-11/h3-6H,2,7-10,17H2,1H3,(H,18,19,20). The lowest BCUT2D eigenvalue weighted by Gasteiger charge is -2.39. The zero-order valence-electron chi connectivity index (χ0n) is 12.1. The van der Waals surface area contributed by atoms with Crippen LogP contribution in [0.3, 0.4) is 0 Å². The topological polar surface area (TPSA) is 70.8 Å². The number of nitrogens with one attached hydrogen (secondary N) is 1. The van der Waals surface area contributed by atoms with Crippen LogP contribution >= 0.6 is 0 Å². The van der Waals surface area contributed by atoms with E-state index in [0.717, 1.165) is 31.5 Å². The number of rotatable bonds is 3. The Labute approximate surface area is 123 Å². The maximum absolute atomic E-state index is 13.0. The molecule has 1 atom stereocenters. The predicted molar refractivity (Wildman–Crippen MR) is 80.4 cm³/mol. The van der Waals surface area contributed by atoms with Crippen LogP contribution in [-0.4, -0.2) is 34.8 Å². The van der Waals surface area contributed by atoms with Crippen LogP contribution in [0.5, 0.6) is 0 Å². The number of H-pyrrole nitrogens is 1. The Balaban J connectivity index is 1.80. The van der Waals surface area contributed by atoms with Gasteiger partial charge in [0.15, 0.2) is 5.82 Å². The lowest BCUT2D eigenvalue weighted by molar-refractivity contribution is 0.270. The molecule has 1 aromatic heterocycles. The molecule has 0 spiro atoms. The number of hydrogen-bond acceptors (Lipinski definition) is 4. The van der Waals surface area contributed by atoms with Crippen molar-refractivity contribution in [2.45, 2.75) is 19.8 Å². The summed E-state index contributed by atoms with van der Waals surface area (Å²) in [6.45, 7) is 4.67. The number of nitrogens with two attached hydrogens (primary N) is 1. The molecule has 6 heteroatoms. The smallest absolute Gasteiger partial charge is 0.245 e. The van der Waals surface area contributed by atoms with Gasteiger partial charge in [-0.1, -0.05) is 6.92 Å². The van der Waals surface area contributed by atoms with E-state index in [0.29, 0.717) is 18.3 Å². The summed E-state index contributed by atoms with van der Waals surface area (Å²) >= 11 is 0. The second-order valence-corrected chi connectivity index (χ2v) is 6.03. The van der Waals surface area contributed by atoms with Crippen molar-refractivity contribution in [3.63, 3.8) is 0 Å². The third-order valence-corrected chi connectivity index (χ3v) is 4.15. The summed E-state index contributed by atoms with van der Waals surface area (Å²) in [4.78, 5) is 6.70. The van der Waals surface area contributed by atoms with Gasteiger partial charge in [-0.3, -0.25) is 5.10 Å². The van der Waals surface area contributed by atoms with Gasteiger partial charge >= 0.3 is 0 Å². The van der Waals surface area contributed by atoms with Gasteiger partial charge in [-0.15, -0.1) is 5.10 Å². The van der Waals surface area contributed by atoms with Gasteiger partial charge in [0, 0.05) is 18.7 Å². The fourth-order valence-electron chi connectivity index (χ4n) is 2.78. The molecule has 0 aliphatic carbocycles. The fraction of sp³-hybridized carbons (Fsp3) is 0.467. The molecular weight excluding hydrogens is 269 g/mol. The molecule has 112 valence electrons. The first-order valence-corrected chi connectivity index (χ1v) is 7.23. The highest BCUT2D eigenvalue weighted by Crippen LogP contribution is 2.30. The van der Waals surface area contributed by atoms with Crippen molar-refractivity contribution >= 4 is 5.95 Å². The zero-order valence-corrected chi connectivity index (χ0v) is 12.1. The number of nitrogens with zero attached hydrogens (tertiary/aromatic N) is 3. The van der Waals surface area contributed by atoms with E-state index in [1.807, 2.05) is 0 Å². The summed E-state index contributed by atoms with van der Waals surface area (Å²) in [5, 5.41) is 7.22. The molecule has 1 aliphatic rings. The molecule has 0 saturated carbocycles.